The van der Waals surface area contributed by atoms with Crippen LogP contribution in [0.5, 0.6) is 0 Å². The number of hydrogen-bond donors (Lipinski definition) is 1. The van der Waals surface area contributed by atoms with Gasteiger partial charge in [-0.3, -0.25) is 4.79 Å². The Morgan fingerprint density at radius 3 is 2.78 bits per heavy atom. The number of halogens is 2. The van der Waals surface area contributed by atoms with Gasteiger partial charge in [0.2, 0.25) is 0 Å². The number of alkyl halides is 1. The molecule has 1 fully saturated rings. The molecule has 1 amide bonds. The Kier molecular flexibility index (Phi) is 4.59. The van der Waals surface area contributed by atoms with Crippen molar-refractivity contribution < 1.29 is 9.18 Å². The summed E-state index contributed by atoms with van der Waals surface area (Å²) >= 11 is 5.91. The van der Waals surface area contributed by atoms with Gasteiger partial charge in [-0.2, -0.15) is 0 Å². The molecule has 0 radical (unpaired) electrons. The van der Waals surface area contributed by atoms with E-state index in [2.05, 4.69) is 5.32 Å². The van der Waals surface area contributed by atoms with Crippen LogP contribution < -0.4 is 5.32 Å². The first-order chi connectivity index (χ1) is 8.72. The summed E-state index contributed by atoms with van der Waals surface area (Å²) in [5, 5.41) is 2.91. The van der Waals surface area contributed by atoms with Crippen molar-refractivity contribution in [1.82, 2.24) is 5.32 Å². The maximum absolute atomic E-state index is 13.5. The van der Waals surface area contributed by atoms with E-state index in [0.29, 0.717) is 11.8 Å². The summed E-state index contributed by atoms with van der Waals surface area (Å²) in [6.07, 6.45) is 4.21. The van der Waals surface area contributed by atoms with Gasteiger partial charge < -0.3 is 5.32 Å². The SMILES string of the molecule is O=C(NC1CCCCC1CCl)c1ccccc1F. The van der Waals surface area contributed by atoms with Crippen molar-refractivity contribution in [2.45, 2.75) is 31.7 Å². The summed E-state index contributed by atoms with van der Waals surface area (Å²) in [5.74, 6) is 0.0295. The predicted molar refractivity (Wildman–Crippen MR) is 70.3 cm³/mol. The zero-order valence-corrected chi connectivity index (χ0v) is 10.9. The number of hydrogen-bond acceptors (Lipinski definition) is 1. The Morgan fingerprint density at radius 1 is 1.33 bits per heavy atom. The lowest BCUT2D eigenvalue weighted by Gasteiger charge is -2.30. The standard InChI is InChI=1S/C14H17ClFNO/c15-9-10-5-1-4-8-13(10)17-14(18)11-6-2-3-7-12(11)16/h2-3,6-7,10,13H,1,4-5,8-9H2,(H,17,18). The van der Waals surface area contributed by atoms with Gasteiger partial charge in [0.15, 0.2) is 0 Å². The van der Waals surface area contributed by atoms with Crippen molar-refractivity contribution in [2.75, 3.05) is 5.88 Å². The van der Waals surface area contributed by atoms with E-state index in [0.717, 1.165) is 25.7 Å². The molecule has 1 aromatic carbocycles. The Bertz CT molecular complexity index is 424. The molecule has 1 aliphatic carbocycles. The predicted octanol–water partition coefficient (Wildman–Crippen LogP) is 3.35. The molecule has 0 aliphatic heterocycles. The largest absolute Gasteiger partial charge is 0.349 e. The fraction of sp³-hybridized carbons (Fsp3) is 0.500. The summed E-state index contributed by atoms with van der Waals surface area (Å²) in [7, 11) is 0. The fourth-order valence-electron chi connectivity index (χ4n) is 2.47. The number of rotatable bonds is 3. The first-order valence-electron chi connectivity index (χ1n) is 6.33. The molecule has 4 heteroatoms. The minimum absolute atomic E-state index is 0.0726. The van der Waals surface area contributed by atoms with Crippen molar-refractivity contribution in [3.8, 4) is 0 Å². The van der Waals surface area contributed by atoms with Gasteiger partial charge in [0, 0.05) is 11.9 Å². The molecule has 2 atom stereocenters. The summed E-state index contributed by atoms with van der Waals surface area (Å²) in [6.45, 7) is 0. The van der Waals surface area contributed by atoms with Crippen LogP contribution in [0.3, 0.4) is 0 Å². The maximum Gasteiger partial charge on any atom is 0.254 e. The Hall–Kier alpha value is -1.09. The van der Waals surface area contributed by atoms with Gasteiger partial charge >= 0.3 is 0 Å². The summed E-state index contributed by atoms with van der Waals surface area (Å²) in [4.78, 5) is 12.0. The molecule has 1 aliphatic rings. The van der Waals surface area contributed by atoms with Gasteiger partial charge in [0.05, 0.1) is 5.56 Å². The quantitative estimate of drug-likeness (QED) is 0.838. The molecule has 2 nitrogen and oxygen atoms in total. The van der Waals surface area contributed by atoms with E-state index >= 15 is 0 Å². The van der Waals surface area contributed by atoms with Gasteiger partial charge in [-0.25, -0.2) is 4.39 Å². The van der Waals surface area contributed by atoms with Crippen molar-refractivity contribution in [1.29, 1.82) is 0 Å². The first-order valence-corrected chi connectivity index (χ1v) is 6.87. The topological polar surface area (TPSA) is 29.1 Å². The molecular weight excluding hydrogens is 253 g/mol. The monoisotopic (exact) mass is 269 g/mol. The zero-order chi connectivity index (χ0) is 13.0. The van der Waals surface area contributed by atoms with Crippen LogP contribution in [0.25, 0.3) is 0 Å². The molecule has 0 bridgehead atoms. The van der Waals surface area contributed by atoms with Crippen LogP contribution in [0.15, 0.2) is 24.3 Å². The second-order valence-corrected chi connectivity index (χ2v) is 5.07. The average Bonchev–Trinajstić information content (AvgIpc) is 2.39. The van der Waals surface area contributed by atoms with Crippen LogP contribution in [-0.4, -0.2) is 17.8 Å². The minimum Gasteiger partial charge on any atom is -0.349 e. The van der Waals surface area contributed by atoms with E-state index in [1.807, 2.05) is 0 Å². The lowest BCUT2D eigenvalue weighted by molar-refractivity contribution is 0.0907. The molecule has 2 rings (SSSR count). The number of benzene rings is 1. The number of nitrogens with one attached hydrogen (secondary N) is 1. The van der Waals surface area contributed by atoms with Crippen LogP contribution in [0.1, 0.15) is 36.0 Å². The first kappa shape index (κ1) is 13.3. The number of carbonyl (C=O) groups is 1. The van der Waals surface area contributed by atoms with Crippen LogP contribution in [0.2, 0.25) is 0 Å². The van der Waals surface area contributed by atoms with Gasteiger partial charge in [0.1, 0.15) is 5.82 Å². The molecule has 0 aromatic heterocycles. The van der Waals surface area contributed by atoms with Crippen LogP contribution in [0.4, 0.5) is 4.39 Å². The number of carbonyl (C=O) groups excluding carboxylic acids is 1. The summed E-state index contributed by atoms with van der Waals surface area (Å²) in [6, 6.07) is 6.12. The van der Waals surface area contributed by atoms with E-state index in [1.165, 1.54) is 12.1 Å². The highest BCUT2D eigenvalue weighted by Crippen LogP contribution is 2.25. The highest BCUT2D eigenvalue weighted by molar-refractivity contribution is 6.18. The van der Waals surface area contributed by atoms with Gasteiger partial charge in [-0.15, -0.1) is 11.6 Å². The van der Waals surface area contributed by atoms with Crippen molar-refractivity contribution in [2.24, 2.45) is 5.92 Å². The molecule has 18 heavy (non-hydrogen) atoms. The van der Waals surface area contributed by atoms with Crippen LogP contribution in [-0.2, 0) is 0 Å². The maximum atomic E-state index is 13.5. The third-order valence-electron chi connectivity index (χ3n) is 3.54. The number of amides is 1. The van der Waals surface area contributed by atoms with E-state index in [-0.39, 0.29) is 17.5 Å². The van der Waals surface area contributed by atoms with E-state index in [9.17, 15) is 9.18 Å². The minimum atomic E-state index is -0.478. The van der Waals surface area contributed by atoms with Crippen LogP contribution in [0, 0.1) is 11.7 Å². The molecule has 2 unspecified atom stereocenters. The van der Waals surface area contributed by atoms with Gasteiger partial charge in [-0.05, 0) is 30.9 Å². The molecule has 0 spiro atoms. The van der Waals surface area contributed by atoms with E-state index in [1.54, 1.807) is 12.1 Å². The Labute approximate surface area is 112 Å². The lowest BCUT2D eigenvalue weighted by atomic mass is 9.85. The van der Waals surface area contributed by atoms with E-state index in [4.69, 9.17) is 11.6 Å². The van der Waals surface area contributed by atoms with Gasteiger partial charge in [-0.1, -0.05) is 25.0 Å². The van der Waals surface area contributed by atoms with Crippen molar-refractivity contribution in [3.05, 3.63) is 35.6 Å². The highest BCUT2D eigenvalue weighted by atomic mass is 35.5. The van der Waals surface area contributed by atoms with Crippen LogP contribution >= 0.6 is 11.6 Å². The fourth-order valence-corrected chi connectivity index (χ4v) is 2.84. The third-order valence-corrected chi connectivity index (χ3v) is 3.94. The van der Waals surface area contributed by atoms with E-state index < -0.39 is 5.82 Å². The molecular formula is C14H17ClFNO. The lowest BCUT2D eigenvalue weighted by Crippen LogP contribution is -2.43. The second-order valence-electron chi connectivity index (χ2n) is 4.76. The third kappa shape index (κ3) is 3.02. The molecule has 98 valence electrons. The average molecular weight is 270 g/mol. The Balaban J connectivity index is 2.04. The normalized spacial score (nSPS) is 23.7. The van der Waals surface area contributed by atoms with Crippen molar-refractivity contribution >= 4 is 17.5 Å². The van der Waals surface area contributed by atoms with Crippen molar-refractivity contribution in [3.63, 3.8) is 0 Å². The smallest absolute Gasteiger partial charge is 0.254 e. The molecule has 1 N–H and O–H groups in total. The molecule has 0 saturated heterocycles. The second kappa shape index (κ2) is 6.19. The summed E-state index contributed by atoms with van der Waals surface area (Å²) < 4.78 is 13.5. The highest BCUT2D eigenvalue weighted by Gasteiger charge is 2.26. The van der Waals surface area contributed by atoms with Gasteiger partial charge in [0.25, 0.3) is 5.91 Å². The zero-order valence-electron chi connectivity index (χ0n) is 10.2. The molecule has 1 saturated carbocycles. The summed E-state index contributed by atoms with van der Waals surface area (Å²) in [5.41, 5.74) is 0.108. The molecule has 0 heterocycles. The Morgan fingerprint density at radius 2 is 2.06 bits per heavy atom. The molecule has 1 aromatic rings.